The summed E-state index contributed by atoms with van der Waals surface area (Å²) >= 11 is 0. The number of nitrogens with two attached hydrogens (primary N) is 1. The summed E-state index contributed by atoms with van der Waals surface area (Å²) in [5.74, 6) is -0.212. The lowest BCUT2D eigenvalue weighted by atomic mass is 10.0. The zero-order chi connectivity index (χ0) is 39.6. The van der Waals surface area contributed by atoms with Crippen LogP contribution in [0.2, 0.25) is 0 Å². The van der Waals surface area contributed by atoms with E-state index in [4.69, 9.17) is 14.8 Å². The molecule has 1 amide bonds. The minimum atomic E-state index is -4.35. The number of nitrogens with one attached hydrogen (secondary N) is 1. The monoisotopic (exact) mass is 783 g/mol. The van der Waals surface area contributed by atoms with E-state index in [0.717, 1.165) is 51.4 Å². The molecule has 0 aromatic rings. The van der Waals surface area contributed by atoms with Gasteiger partial charge in [-0.25, -0.2) is 4.57 Å². The van der Waals surface area contributed by atoms with Gasteiger partial charge in [-0.1, -0.05) is 185 Å². The minimum absolute atomic E-state index is 0.0727. The van der Waals surface area contributed by atoms with Gasteiger partial charge in [-0.05, 0) is 57.8 Å². The van der Waals surface area contributed by atoms with E-state index in [9.17, 15) is 19.4 Å². The van der Waals surface area contributed by atoms with Crippen LogP contribution in [0.5, 0.6) is 0 Å². The summed E-state index contributed by atoms with van der Waals surface area (Å²) in [4.78, 5) is 22.7. The molecular formula is C45H87N2O6P. The van der Waals surface area contributed by atoms with Crippen molar-refractivity contribution < 1.29 is 28.4 Å². The average molecular weight is 783 g/mol. The van der Waals surface area contributed by atoms with Crippen LogP contribution in [-0.2, 0) is 18.4 Å². The Balaban J connectivity index is 4.25. The van der Waals surface area contributed by atoms with E-state index in [0.29, 0.717) is 6.42 Å². The number of phosphoric acid groups is 1. The lowest BCUT2D eigenvalue weighted by Gasteiger charge is -2.23. The Labute approximate surface area is 333 Å². The molecular weight excluding hydrogens is 695 g/mol. The Bertz CT molecular complexity index is 943. The highest BCUT2D eigenvalue weighted by Crippen LogP contribution is 2.43. The highest BCUT2D eigenvalue weighted by atomic mass is 31.2. The van der Waals surface area contributed by atoms with Crippen LogP contribution in [-0.4, -0.2) is 47.8 Å². The van der Waals surface area contributed by atoms with Gasteiger partial charge in [0.15, 0.2) is 0 Å². The molecule has 0 aliphatic heterocycles. The SMILES string of the molecule is CCCCCCCCC/C=C\CCCCCCCC(=O)NC(COP(=O)(O)OCCN)C(O)/C=C/CC/C=C/CCCCCCCCCCCCCCC. The predicted octanol–water partition coefficient (Wildman–Crippen LogP) is 12.7. The van der Waals surface area contributed by atoms with Gasteiger partial charge >= 0.3 is 7.82 Å². The lowest BCUT2D eigenvalue weighted by Crippen LogP contribution is -2.45. The van der Waals surface area contributed by atoms with Gasteiger partial charge < -0.3 is 21.1 Å². The van der Waals surface area contributed by atoms with E-state index in [1.807, 2.05) is 6.08 Å². The molecule has 0 aliphatic rings. The second-order valence-corrected chi connectivity index (χ2v) is 16.7. The van der Waals surface area contributed by atoms with Crippen LogP contribution in [0.1, 0.15) is 213 Å². The molecule has 0 radical (unpaired) electrons. The Morgan fingerprint density at radius 2 is 0.981 bits per heavy atom. The molecule has 9 heteroatoms. The summed E-state index contributed by atoms with van der Waals surface area (Å²) in [6.45, 7) is 4.11. The molecule has 0 aromatic heterocycles. The van der Waals surface area contributed by atoms with E-state index in [1.165, 1.54) is 141 Å². The summed E-state index contributed by atoms with van der Waals surface area (Å²) in [5.41, 5.74) is 5.37. The zero-order valence-corrected chi connectivity index (χ0v) is 36.1. The van der Waals surface area contributed by atoms with Gasteiger partial charge in [0.05, 0.1) is 25.4 Å². The number of aliphatic hydroxyl groups is 1. The number of rotatable bonds is 42. The molecule has 0 aromatic carbocycles. The largest absolute Gasteiger partial charge is 0.472 e. The number of hydrogen-bond acceptors (Lipinski definition) is 6. The number of carbonyl (C=O) groups excluding carboxylic acids is 1. The molecule has 0 spiro atoms. The molecule has 3 atom stereocenters. The van der Waals surface area contributed by atoms with E-state index in [-0.39, 0.29) is 25.7 Å². The van der Waals surface area contributed by atoms with Gasteiger partial charge in [0.1, 0.15) is 0 Å². The first kappa shape index (κ1) is 52.7. The summed E-state index contributed by atoms with van der Waals surface area (Å²) < 4.78 is 22.1. The molecule has 0 aliphatic carbocycles. The fourth-order valence-electron chi connectivity index (χ4n) is 6.50. The zero-order valence-electron chi connectivity index (χ0n) is 35.2. The third kappa shape index (κ3) is 39.0. The number of carbonyl (C=O) groups is 1. The van der Waals surface area contributed by atoms with Gasteiger partial charge in [-0.15, -0.1) is 0 Å². The number of amides is 1. The molecule has 0 heterocycles. The quantitative estimate of drug-likeness (QED) is 0.0275. The first-order valence-corrected chi connectivity index (χ1v) is 24.1. The maximum absolute atomic E-state index is 12.8. The van der Waals surface area contributed by atoms with Crippen LogP contribution in [0.4, 0.5) is 0 Å². The highest BCUT2D eigenvalue weighted by molar-refractivity contribution is 7.47. The fourth-order valence-corrected chi connectivity index (χ4v) is 7.26. The Hall–Kier alpha value is -1.28. The maximum atomic E-state index is 12.8. The summed E-state index contributed by atoms with van der Waals surface area (Å²) in [6.07, 6.45) is 49.1. The van der Waals surface area contributed by atoms with Crippen molar-refractivity contribution in [2.45, 2.75) is 225 Å². The standard InChI is InChI=1S/C45H87N2O6P/c1-3-5-7-9-11-13-15-17-19-21-22-23-24-26-28-30-32-34-36-38-44(48)43(42-53-54(50,51)52-41-40-46)47-45(49)39-37-35-33-31-29-27-25-20-18-16-14-12-10-8-6-4-2/h20,25,28,30,36,38,43-44,48H,3-19,21-24,26-27,29,31-35,37,39-42,46H2,1-2H3,(H,47,49)(H,50,51)/b25-20-,30-28+,38-36+. The second kappa shape index (κ2) is 41.4. The van der Waals surface area contributed by atoms with Crippen molar-refractivity contribution in [2.24, 2.45) is 5.73 Å². The van der Waals surface area contributed by atoms with Crippen molar-refractivity contribution in [1.82, 2.24) is 5.32 Å². The Kier molecular flexibility index (Phi) is 40.4. The molecule has 318 valence electrons. The smallest absolute Gasteiger partial charge is 0.387 e. The minimum Gasteiger partial charge on any atom is -0.387 e. The van der Waals surface area contributed by atoms with Crippen LogP contribution in [0, 0.1) is 0 Å². The van der Waals surface area contributed by atoms with Crippen molar-refractivity contribution in [3.05, 3.63) is 36.5 Å². The molecule has 5 N–H and O–H groups in total. The number of hydrogen-bond donors (Lipinski definition) is 4. The summed E-state index contributed by atoms with van der Waals surface area (Å²) in [6, 6.07) is -0.880. The van der Waals surface area contributed by atoms with Gasteiger partial charge in [-0.2, -0.15) is 0 Å². The Morgan fingerprint density at radius 1 is 0.593 bits per heavy atom. The summed E-state index contributed by atoms with van der Waals surface area (Å²) in [5, 5.41) is 13.7. The molecule has 0 fully saturated rings. The normalized spacial score (nSPS) is 14.4. The first-order valence-electron chi connectivity index (χ1n) is 22.6. The third-order valence-corrected chi connectivity index (χ3v) is 10.9. The predicted molar refractivity (Wildman–Crippen MR) is 231 cm³/mol. The van der Waals surface area contributed by atoms with Crippen molar-refractivity contribution in [1.29, 1.82) is 0 Å². The van der Waals surface area contributed by atoms with E-state index in [1.54, 1.807) is 6.08 Å². The molecule has 0 bridgehead atoms. The highest BCUT2D eigenvalue weighted by Gasteiger charge is 2.26. The maximum Gasteiger partial charge on any atom is 0.472 e. The molecule has 0 rings (SSSR count). The lowest BCUT2D eigenvalue weighted by molar-refractivity contribution is -0.123. The van der Waals surface area contributed by atoms with Gasteiger partial charge in [0, 0.05) is 13.0 Å². The van der Waals surface area contributed by atoms with Crippen molar-refractivity contribution >= 4 is 13.7 Å². The average Bonchev–Trinajstić information content (AvgIpc) is 3.16. The molecule has 0 saturated heterocycles. The van der Waals surface area contributed by atoms with Crippen LogP contribution in [0.25, 0.3) is 0 Å². The molecule has 3 unspecified atom stereocenters. The van der Waals surface area contributed by atoms with Crippen molar-refractivity contribution in [3.8, 4) is 0 Å². The van der Waals surface area contributed by atoms with Crippen LogP contribution >= 0.6 is 7.82 Å². The van der Waals surface area contributed by atoms with E-state index >= 15 is 0 Å². The topological polar surface area (TPSA) is 131 Å². The molecule has 8 nitrogen and oxygen atoms in total. The van der Waals surface area contributed by atoms with Gasteiger partial charge in [0.25, 0.3) is 0 Å². The third-order valence-electron chi connectivity index (χ3n) is 9.94. The summed E-state index contributed by atoms with van der Waals surface area (Å²) in [7, 11) is -4.35. The fraction of sp³-hybridized carbons (Fsp3) is 0.844. The number of aliphatic hydroxyl groups excluding tert-OH is 1. The van der Waals surface area contributed by atoms with Crippen molar-refractivity contribution in [3.63, 3.8) is 0 Å². The Morgan fingerprint density at radius 3 is 1.43 bits per heavy atom. The first-order chi connectivity index (χ1) is 26.4. The number of unbranched alkanes of at least 4 members (excludes halogenated alkanes) is 26. The van der Waals surface area contributed by atoms with Crippen LogP contribution < -0.4 is 11.1 Å². The number of allylic oxidation sites excluding steroid dienone is 5. The van der Waals surface area contributed by atoms with Crippen LogP contribution in [0.15, 0.2) is 36.5 Å². The van der Waals surface area contributed by atoms with Gasteiger partial charge in [0.2, 0.25) is 5.91 Å². The van der Waals surface area contributed by atoms with E-state index < -0.39 is 20.0 Å². The number of phosphoric ester groups is 1. The second-order valence-electron chi connectivity index (χ2n) is 15.2. The van der Waals surface area contributed by atoms with Crippen LogP contribution in [0.3, 0.4) is 0 Å². The molecule has 54 heavy (non-hydrogen) atoms. The van der Waals surface area contributed by atoms with Gasteiger partial charge in [-0.3, -0.25) is 13.8 Å². The van der Waals surface area contributed by atoms with Crippen molar-refractivity contribution in [2.75, 3.05) is 19.8 Å². The molecule has 0 saturated carbocycles. The van der Waals surface area contributed by atoms with E-state index in [2.05, 4.69) is 43.5 Å².